The first kappa shape index (κ1) is 36.8. The summed E-state index contributed by atoms with van der Waals surface area (Å²) in [5.74, 6) is 0. The van der Waals surface area contributed by atoms with Crippen molar-refractivity contribution in [3.05, 3.63) is 191 Å². The molecule has 2 heterocycles. The van der Waals surface area contributed by atoms with Gasteiger partial charge in [0.15, 0.2) is 11.2 Å². The summed E-state index contributed by atoms with van der Waals surface area (Å²) in [5, 5.41) is 8.81. The van der Waals surface area contributed by atoms with Gasteiger partial charge in [0.1, 0.15) is 11.2 Å². The smallest absolute Gasteiger partial charge is 0.178 e. The largest absolute Gasteiger partial charge is 0.452 e. The maximum atomic E-state index is 6.81. The summed E-state index contributed by atoms with van der Waals surface area (Å²) in [6.07, 6.45) is 0. The van der Waals surface area contributed by atoms with E-state index in [4.69, 9.17) is 8.83 Å². The Kier molecular flexibility index (Phi) is 8.37. The van der Waals surface area contributed by atoms with E-state index < -0.39 is 0 Å². The molecular weight excluding hydrogens is 745 g/mol. The van der Waals surface area contributed by atoms with Crippen LogP contribution in [0.1, 0.15) is 38.9 Å². The van der Waals surface area contributed by atoms with E-state index >= 15 is 0 Å². The van der Waals surface area contributed by atoms with Crippen molar-refractivity contribution >= 4 is 99.5 Å². The van der Waals surface area contributed by atoms with Crippen LogP contribution in [0.5, 0.6) is 0 Å². The van der Waals surface area contributed by atoms with Gasteiger partial charge in [-0.2, -0.15) is 0 Å². The van der Waals surface area contributed by atoms with Gasteiger partial charge in [0, 0.05) is 55.7 Å². The maximum Gasteiger partial charge on any atom is 0.178 e. The van der Waals surface area contributed by atoms with Crippen LogP contribution in [0.2, 0.25) is 0 Å². The van der Waals surface area contributed by atoms with Crippen LogP contribution < -0.4 is 9.80 Å². The Morgan fingerprint density at radius 2 is 0.721 bits per heavy atom. The summed E-state index contributed by atoms with van der Waals surface area (Å²) in [6.45, 7) is 15.2. The summed E-state index contributed by atoms with van der Waals surface area (Å²) < 4.78 is 13.6. The van der Waals surface area contributed by atoms with Crippen molar-refractivity contribution in [2.24, 2.45) is 0 Å². The minimum atomic E-state index is 0.775. The average Bonchev–Trinajstić information content (AvgIpc) is 3.81. The van der Waals surface area contributed by atoms with Crippen molar-refractivity contribution in [3.8, 4) is 0 Å². The predicted molar refractivity (Wildman–Crippen MR) is 259 cm³/mol. The molecule has 0 N–H and O–H groups in total. The number of rotatable bonds is 6. The van der Waals surface area contributed by atoms with Gasteiger partial charge in [0.05, 0.1) is 0 Å². The molecule has 61 heavy (non-hydrogen) atoms. The van der Waals surface area contributed by atoms with Crippen LogP contribution in [0, 0.1) is 48.5 Å². The lowest BCUT2D eigenvalue weighted by atomic mass is 10.0. The molecule has 2 aromatic heterocycles. The Labute approximate surface area is 355 Å². The highest BCUT2D eigenvalue weighted by molar-refractivity contribution is 6.21. The molecule has 0 unspecified atom stereocenters. The molecule has 4 heteroatoms. The number of aryl methyl sites for hydroxylation is 7. The van der Waals surface area contributed by atoms with Crippen LogP contribution >= 0.6 is 0 Å². The number of nitrogens with zero attached hydrogens (tertiary/aromatic N) is 2. The molecule has 0 atom stereocenters. The van der Waals surface area contributed by atoms with E-state index in [1.807, 2.05) is 0 Å². The first-order valence-electron chi connectivity index (χ1n) is 21.1. The topological polar surface area (TPSA) is 32.8 Å². The fourth-order valence-electron chi connectivity index (χ4n) is 9.32. The molecule has 4 nitrogen and oxygen atoms in total. The van der Waals surface area contributed by atoms with Crippen LogP contribution in [0.4, 0.5) is 34.1 Å². The Bertz CT molecular complexity index is 3530. The minimum Gasteiger partial charge on any atom is -0.452 e. The van der Waals surface area contributed by atoms with Crippen molar-refractivity contribution in [1.82, 2.24) is 0 Å². The van der Waals surface area contributed by atoms with Gasteiger partial charge in [-0.1, -0.05) is 66.7 Å². The van der Waals surface area contributed by atoms with Gasteiger partial charge in [-0.3, -0.25) is 0 Å². The van der Waals surface area contributed by atoms with Gasteiger partial charge >= 0.3 is 0 Å². The Balaban J connectivity index is 1.04. The second-order valence-corrected chi connectivity index (χ2v) is 17.1. The van der Waals surface area contributed by atoms with Crippen molar-refractivity contribution in [2.75, 3.05) is 9.80 Å². The molecule has 0 spiro atoms. The van der Waals surface area contributed by atoms with E-state index in [0.717, 1.165) is 82.5 Å². The molecule has 11 rings (SSSR count). The molecule has 0 aliphatic rings. The summed E-state index contributed by atoms with van der Waals surface area (Å²) in [5.41, 5.74) is 18.7. The molecule has 11 aromatic rings. The number of para-hydroxylation sites is 1. The lowest BCUT2D eigenvalue weighted by Crippen LogP contribution is -2.13. The van der Waals surface area contributed by atoms with Gasteiger partial charge < -0.3 is 18.6 Å². The average molecular weight is 791 g/mol. The molecule has 0 radical (unpaired) electrons. The zero-order valence-electron chi connectivity index (χ0n) is 35.6. The van der Waals surface area contributed by atoms with Gasteiger partial charge in [-0.25, -0.2) is 0 Å². The van der Waals surface area contributed by atoms with Crippen LogP contribution in [0.15, 0.2) is 160 Å². The first-order chi connectivity index (χ1) is 29.6. The number of benzene rings is 9. The number of anilines is 6. The highest BCUT2D eigenvalue weighted by Crippen LogP contribution is 2.45. The van der Waals surface area contributed by atoms with E-state index in [1.165, 1.54) is 56.0 Å². The van der Waals surface area contributed by atoms with Crippen LogP contribution in [0.25, 0.3) is 65.4 Å². The molecular formula is C57H46N2O2. The normalized spacial score (nSPS) is 11.9. The molecule has 296 valence electrons. The highest BCUT2D eigenvalue weighted by Gasteiger charge is 2.22. The van der Waals surface area contributed by atoms with Gasteiger partial charge in [0.25, 0.3) is 0 Å². The zero-order valence-corrected chi connectivity index (χ0v) is 35.6. The highest BCUT2D eigenvalue weighted by atomic mass is 16.4. The van der Waals surface area contributed by atoms with E-state index in [2.05, 4.69) is 210 Å². The second kappa shape index (κ2) is 13.9. The third-order valence-corrected chi connectivity index (χ3v) is 12.7. The van der Waals surface area contributed by atoms with Crippen molar-refractivity contribution in [2.45, 2.75) is 48.5 Å². The predicted octanol–water partition coefficient (Wildman–Crippen LogP) is 16.9. The van der Waals surface area contributed by atoms with E-state index in [9.17, 15) is 0 Å². The van der Waals surface area contributed by atoms with Gasteiger partial charge in [-0.15, -0.1) is 0 Å². The van der Waals surface area contributed by atoms with Crippen molar-refractivity contribution in [3.63, 3.8) is 0 Å². The summed E-state index contributed by atoms with van der Waals surface area (Å²) in [6, 6.07) is 55.5. The summed E-state index contributed by atoms with van der Waals surface area (Å²) in [7, 11) is 0. The standard InChI is InChI=1S/C57H46N2O2/c1-33-12-15-37(5)51(24-33)58(50-11-9-8-10-36(50)4)44-20-18-40-29-48-46-22-23-47-49-30-41-19-21-45(28-43(41)32-55(49)61-57(47)56(46)60-54(48)31-42(40)27-44)59(52-25-34(2)13-16-38(52)6)53-26-35(3)14-17-39(53)7/h8-32H,1-7H3. The maximum absolute atomic E-state index is 6.81. The third-order valence-electron chi connectivity index (χ3n) is 12.7. The quantitative estimate of drug-likeness (QED) is 0.168. The Hall–Kier alpha value is -7.30. The Morgan fingerprint density at radius 1 is 0.311 bits per heavy atom. The summed E-state index contributed by atoms with van der Waals surface area (Å²) in [4.78, 5) is 4.79. The molecule has 0 saturated heterocycles. The molecule has 0 aliphatic carbocycles. The fraction of sp³-hybridized carbons (Fsp3) is 0.123. The Morgan fingerprint density at radius 3 is 1.16 bits per heavy atom. The number of furan rings is 2. The number of hydrogen-bond donors (Lipinski definition) is 0. The third kappa shape index (κ3) is 6.04. The lowest BCUT2D eigenvalue weighted by Gasteiger charge is -2.29. The van der Waals surface area contributed by atoms with Gasteiger partial charge in [0.2, 0.25) is 0 Å². The van der Waals surface area contributed by atoms with Crippen molar-refractivity contribution in [1.29, 1.82) is 0 Å². The molecule has 0 fully saturated rings. The number of fused-ring (bicyclic) bond motifs is 9. The van der Waals surface area contributed by atoms with Crippen LogP contribution in [0.3, 0.4) is 0 Å². The molecule has 0 aliphatic heterocycles. The lowest BCUT2D eigenvalue weighted by molar-refractivity contribution is 0.634. The van der Waals surface area contributed by atoms with E-state index in [1.54, 1.807) is 0 Å². The van der Waals surface area contributed by atoms with E-state index in [0.29, 0.717) is 0 Å². The first-order valence-corrected chi connectivity index (χ1v) is 21.1. The second-order valence-electron chi connectivity index (χ2n) is 17.1. The summed E-state index contributed by atoms with van der Waals surface area (Å²) >= 11 is 0. The van der Waals surface area contributed by atoms with Crippen molar-refractivity contribution < 1.29 is 8.83 Å². The number of hydrogen-bond acceptors (Lipinski definition) is 4. The fourth-order valence-corrected chi connectivity index (χ4v) is 9.32. The molecule has 0 amide bonds. The zero-order chi connectivity index (χ0) is 41.7. The minimum absolute atomic E-state index is 0.775. The van der Waals surface area contributed by atoms with Crippen LogP contribution in [-0.2, 0) is 0 Å². The molecule has 9 aromatic carbocycles. The molecule has 0 saturated carbocycles. The van der Waals surface area contributed by atoms with E-state index in [-0.39, 0.29) is 0 Å². The van der Waals surface area contributed by atoms with Crippen LogP contribution in [-0.4, -0.2) is 0 Å². The molecule has 0 bridgehead atoms. The van der Waals surface area contributed by atoms with Gasteiger partial charge in [-0.05, 0) is 194 Å². The monoisotopic (exact) mass is 790 g/mol. The SMILES string of the molecule is Cc1ccc(C)c(N(c2ccc3cc4c(cc3c2)oc2c4ccc3c4cc5ccc(N(c6cc(C)ccc6C)c6cc(C)ccc6C)cc5cc4oc32)c2ccccc2C)c1.